The molecule has 24 aromatic rings. The van der Waals surface area contributed by atoms with Crippen molar-refractivity contribution in [2.45, 2.75) is 39.2 Å². The minimum atomic E-state index is -3.68. The van der Waals surface area contributed by atoms with Crippen molar-refractivity contribution < 1.29 is 40.5 Å². The third-order valence-electron chi connectivity index (χ3n) is 24.8. The normalized spacial score (nSPS) is 14.6. The standard InChI is InChI=1S/C31H20N2O2S.C29H17N3O2S.C27H15N5O2S.C21H14N2O2S/c34-36(35)28-11-5-4-10-27(28)33-30-26(9-6-12-29(30)36)32-31(33)25-19-17-24(18-20-25)23-15-13-22(14-16-23)21-7-2-1-3-8-21;33-35(34)25-14-6-5-13-23(25)32-28-21(11-7-15-26(28)35)30-29(32)31-22-12-4-3-10-20(22)27-19-9-2-1-8-18(19)16-17-24(27)31;33-35(34)22-14-6-5-13-21(22)31-24-19(11-7-15-23(24)35)30-26(31)27-28-17-9-2-1-8-16(17)25-29-18-10-3-4-12-20(18)32(25)27;24-26(25)18-11-5-4-10-17(18)23-20(14-13-15-7-2-1-3-8-15)22-16-9-6-12-19(26)21(16)23/h1-20H;1-17H;1-15H;1-14H/b;;;14-13+/i1D,2D,3D,7D,8D;;;. The van der Waals surface area contributed by atoms with Gasteiger partial charge in [0.2, 0.25) is 45.3 Å². The minimum Gasteiger partial charge on any atom is -0.290 e. The number of nitrogens with zero attached hydrogens (tertiary/aromatic N) is 12. The van der Waals surface area contributed by atoms with Crippen LogP contribution in [0.5, 0.6) is 0 Å². The number of hydrogen-bond donors (Lipinski definition) is 0. The van der Waals surface area contributed by atoms with Gasteiger partial charge in [0.25, 0.3) is 0 Å². The van der Waals surface area contributed by atoms with Gasteiger partial charge in [0, 0.05) is 21.7 Å². The fourth-order valence-corrected chi connectivity index (χ4v) is 25.5. The average molecular weight is 1790 g/mol. The molecular weight excluding hydrogens is 1720 g/mol. The van der Waals surface area contributed by atoms with Gasteiger partial charge in [-0.15, -0.1) is 0 Å². The van der Waals surface area contributed by atoms with Crippen molar-refractivity contribution >= 4 is 156 Å². The van der Waals surface area contributed by atoms with E-state index in [9.17, 15) is 33.7 Å². The lowest BCUT2D eigenvalue weighted by molar-refractivity contribution is 0.592. The van der Waals surface area contributed by atoms with Gasteiger partial charge in [-0.2, -0.15) is 0 Å². The zero-order valence-corrected chi connectivity index (χ0v) is 72.2. The van der Waals surface area contributed by atoms with E-state index in [0.717, 1.165) is 71.6 Å². The quantitative estimate of drug-likeness (QED) is 0.144. The molecule has 0 saturated heterocycles. The highest BCUT2D eigenvalue weighted by atomic mass is 32.2. The van der Waals surface area contributed by atoms with Crippen molar-refractivity contribution in [3.63, 3.8) is 0 Å². The molecule has 132 heavy (non-hydrogen) atoms. The summed E-state index contributed by atoms with van der Waals surface area (Å²) in [7, 11) is -14.5. The molecule has 0 spiro atoms. The van der Waals surface area contributed by atoms with Gasteiger partial charge in [0.05, 0.1) is 140 Å². The second-order valence-electron chi connectivity index (χ2n) is 32.1. The molecule has 17 aromatic carbocycles. The van der Waals surface area contributed by atoms with Crippen LogP contribution in [-0.4, -0.2) is 90.8 Å². The van der Waals surface area contributed by atoms with Gasteiger partial charge in [-0.3, -0.25) is 27.2 Å². The van der Waals surface area contributed by atoms with Crippen LogP contribution in [0.25, 0.3) is 190 Å². The number of imidazole rings is 5. The van der Waals surface area contributed by atoms with Crippen LogP contribution in [0.1, 0.15) is 18.2 Å². The van der Waals surface area contributed by atoms with Gasteiger partial charge in [0.15, 0.2) is 11.6 Å². The van der Waals surface area contributed by atoms with Crippen molar-refractivity contribution in [1.82, 2.24) is 57.1 Å². The van der Waals surface area contributed by atoms with Crippen molar-refractivity contribution in [2.24, 2.45) is 0 Å². The Hall–Kier alpha value is -16.6. The summed E-state index contributed by atoms with van der Waals surface area (Å²) in [5.74, 6) is 3.19. The Morgan fingerprint density at radius 1 is 0.250 bits per heavy atom. The Labute approximate surface area is 760 Å². The number of rotatable bonds is 7. The third kappa shape index (κ3) is 11.7. The first-order valence-corrected chi connectivity index (χ1v) is 48.1. The molecule has 630 valence electrons. The molecule has 20 nitrogen and oxygen atoms in total. The first-order valence-electron chi connectivity index (χ1n) is 44.6. The minimum absolute atomic E-state index is 0.167. The van der Waals surface area contributed by atoms with Gasteiger partial charge in [0.1, 0.15) is 17.3 Å². The Balaban J connectivity index is 0.0000000980. The van der Waals surface area contributed by atoms with Crippen molar-refractivity contribution in [3.8, 4) is 74.0 Å². The Bertz CT molecular complexity index is 9950. The topological polar surface area (TPSA) is 243 Å². The predicted molar refractivity (Wildman–Crippen MR) is 517 cm³/mol. The summed E-state index contributed by atoms with van der Waals surface area (Å²) in [4.78, 5) is 31.7. The molecule has 0 fully saturated rings. The highest BCUT2D eigenvalue weighted by Gasteiger charge is 2.39. The van der Waals surface area contributed by atoms with E-state index in [1.807, 2.05) is 223 Å². The first-order chi connectivity index (χ1) is 66.6. The van der Waals surface area contributed by atoms with E-state index in [0.29, 0.717) is 121 Å². The molecule has 11 heterocycles. The van der Waals surface area contributed by atoms with Crippen LogP contribution in [-0.2, 0) is 39.3 Å². The first kappa shape index (κ1) is 72.4. The molecule has 0 aliphatic carbocycles. The molecule has 0 unspecified atom stereocenters. The molecule has 0 atom stereocenters. The number of sulfone groups is 4. The number of hydrogen-bond acceptors (Lipinski definition) is 14. The van der Waals surface area contributed by atoms with Crippen LogP contribution >= 0.6 is 0 Å². The van der Waals surface area contributed by atoms with E-state index in [4.69, 9.17) is 31.8 Å². The largest absolute Gasteiger partial charge is 0.290 e. The Morgan fingerprint density at radius 3 is 1.23 bits per heavy atom. The Kier molecular flexibility index (Phi) is 16.2. The van der Waals surface area contributed by atoms with Gasteiger partial charge in [-0.05, 0) is 178 Å². The number of para-hydroxylation sites is 12. The molecule has 0 amide bonds. The molecule has 0 saturated carbocycles. The molecule has 0 bridgehead atoms. The molecule has 0 N–H and O–H groups in total. The highest BCUT2D eigenvalue weighted by Crippen LogP contribution is 2.48. The summed E-state index contributed by atoms with van der Waals surface area (Å²) < 4.78 is 159. The van der Waals surface area contributed by atoms with Crippen molar-refractivity contribution in [2.75, 3.05) is 0 Å². The summed E-state index contributed by atoms with van der Waals surface area (Å²) in [5, 5.41) is 5.59. The molecule has 4 aliphatic rings. The van der Waals surface area contributed by atoms with E-state index in [1.54, 1.807) is 115 Å². The SMILES string of the molecule is O=S1(=O)c2ccccc2-n2c(-c3nc4ccccc4c4nc5ccccc5n34)nc3cccc1c32.O=S1(=O)c2ccccc2-n2c(-n3c4ccccc4c4c5ccccc5ccc43)nc3cccc1c32.O=S1(=O)c2ccccc2-n2c(/C=C/c3ccccc3)nc3cccc1c32.[2H]c1c([2H])c([2H])c(-c2ccc(-c3ccc(-c4nc5cccc6c5n4-c4ccccc4S6(=O)=O)cc3)cc2)c([2H])c1[2H]. The lowest BCUT2D eigenvalue weighted by Crippen LogP contribution is -2.16. The predicted octanol–water partition coefficient (Wildman–Crippen LogP) is 23.1. The average Bonchev–Trinajstić information content (AvgIpc) is 1.56. The number of fused-ring (bicyclic) bond motifs is 18. The van der Waals surface area contributed by atoms with E-state index in [-0.39, 0.29) is 49.3 Å². The maximum absolute atomic E-state index is 13.5. The zero-order chi connectivity index (χ0) is 93.0. The third-order valence-corrected chi connectivity index (χ3v) is 32.1. The Morgan fingerprint density at radius 2 is 0.652 bits per heavy atom. The van der Waals surface area contributed by atoms with Gasteiger partial charge in [-0.1, -0.05) is 261 Å². The van der Waals surface area contributed by atoms with E-state index in [2.05, 4.69) is 64.1 Å². The molecule has 7 aromatic heterocycles. The van der Waals surface area contributed by atoms with Crippen LogP contribution in [0, 0.1) is 0 Å². The molecule has 28 rings (SSSR count). The zero-order valence-electron chi connectivity index (χ0n) is 74.0. The fraction of sp³-hybridized carbons (Fsp3) is 0. The van der Waals surface area contributed by atoms with Crippen molar-refractivity contribution in [1.29, 1.82) is 0 Å². The summed E-state index contributed by atoms with van der Waals surface area (Å²) in [6.45, 7) is 0. The maximum atomic E-state index is 13.5. The molecule has 24 heteroatoms. The monoisotopic (exact) mass is 1790 g/mol. The lowest BCUT2D eigenvalue weighted by Gasteiger charge is -2.21. The fourth-order valence-electron chi connectivity index (χ4n) is 19.0. The number of aromatic nitrogens is 12. The van der Waals surface area contributed by atoms with Crippen LogP contribution in [0.15, 0.2) is 427 Å². The second kappa shape index (κ2) is 29.5. The summed E-state index contributed by atoms with van der Waals surface area (Å²) in [5.41, 5.74) is 17.1. The van der Waals surface area contributed by atoms with Crippen LogP contribution in [0.2, 0.25) is 0 Å². The molecule has 0 radical (unpaired) electrons. The summed E-state index contributed by atoms with van der Waals surface area (Å²) in [6, 6.07) is 109. The molecule has 4 aliphatic heterocycles. The second-order valence-corrected chi connectivity index (χ2v) is 39.7. The maximum Gasteiger partial charge on any atom is 0.220 e. The number of benzene rings is 17. The highest BCUT2D eigenvalue weighted by molar-refractivity contribution is 7.93. The molecular formula is C108H66N12O8S4. The van der Waals surface area contributed by atoms with Gasteiger partial charge < -0.3 is 0 Å². The van der Waals surface area contributed by atoms with Crippen molar-refractivity contribution in [3.05, 3.63) is 400 Å². The van der Waals surface area contributed by atoms with Crippen LogP contribution < -0.4 is 0 Å². The van der Waals surface area contributed by atoms with E-state index in [1.165, 1.54) is 10.8 Å². The van der Waals surface area contributed by atoms with E-state index >= 15 is 0 Å². The van der Waals surface area contributed by atoms with Crippen LogP contribution in [0.3, 0.4) is 0 Å². The van der Waals surface area contributed by atoms with Gasteiger partial charge >= 0.3 is 0 Å². The van der Waals surface area contributed by atoms with Gasteiger partial charge in [-0.25, -0.2) is 63.6 Å². The summed E-state index contributed by atoms with van der Waals surface area (Å²) >= 11 is 0. The smallest absolute Gasteiger partial charge is 0.220 e. The van der Waals surface area contributed by atoms with E-state index < -0.39 is 45.4 Å². The van der Waals surface area contributed by atoms with Crippen LogP contribution in [0.4, 0.5) is 0 Å². The summed E-state index contributed by atoms with van der Waals surface area (Å²) in [6.07, 6.45) is 3.91. The lowest BCUT2D eigenvalue weighted by atomic mass is 9.99.